The molecule has 2 rings (SSSR count). The fourth-order valence-corrected chi connectivity index (χ4v) is 1.35. The van der Waals surface area contributed by atoms with Gasteiger partial charge in [-0.15, -0.1) is 5.52 Å². The molecule has 2 aromatic rings. The summed E-state index contributed by atoms with van der Waals surface area (Å²) in [5.74, 6) is 0. The third-order valence-electron chi connectivity index (χ3n) is 1.46. The predicted molar refractivity (Wildman–Crippen MR) is 45.0 cm³/mol. The average Bonchev–Trinajstić information content (AvgIpc) is 2.33. The summed E-state index contributed by atoms with van der Waals surface area (Å²) in [6.07, 6.45) is 1.82. The predicted octanol–water partition coefficient (Wildman–Crippen LogP) is -0.437. The quantitative estimate of drug-likeness (QED) is 0.564. The van der Waals surface area contributed by atoms with Crippen LogP contribution in [0.15, 0.2) is 34.9 Å². The maximum absolute atomic E-state index is 4.14. The smallest absolute Gasteiger partial charge is 0.664 e. The van der Waals surface area contributed by atoms with Crippen molar-refractivity contribution in [2.75, 3.05) is 0 Å². The zero-order chi connectivity index (χ0) is 6.97. The molecule has 11 heavy (non-hydrogen) atoms. The van der Waals surface area contributed by atoms with E-state index in [-0.39, 0.29) is 51.4 Å². The monoisotopic (exact) mass is 233 g/mol. The molecule has 0 saturated heterocycles. The van der Waals surface area contributed by atoms with Gasteiger partial charge in [-0.05, 0) is 17.5 Å². The summed E-state index contributed by atoms with van der Waals surface area (Å²) in [7, 11) is 0. The number of hydrogen-bond acceptors (Lipinski definition) is 0. The molecule has 0 aliphatic heterocycles. The Kier molecular flexibility index (Phi) is 3.81. The summed E-state index contributed by atoms with van der Waals surface area (Å²) in [6.45, 7) is 0. The summed E-state index contributed by atoms with van der Waals surface area (Å²) in [6, 6.07) is 8.05. The van der Waals surface area contributed by atoms with Crippen LogP contribution in [0.4, 0.5) is 0 Å². The van der Waals surface area contributed by atoms with Crippen molar-refractivity contribution in [3.63, 3.8) is 0 Å². The van der Waals surface area contributed by atoms with E-state index in [1.54, 1.807) is 0 Å². The average molecular weight is 234 g/mol. The molecule has 0 aliphatic rings. The van der Waals surface area contributed by atoms with Crippen LogP contribution in [-0.2, 0) is 0 Å². The van der Waals surface area contributed by atoms with E-state index in [1.807, 2.05) is 24.4 Å². The number of halogens is 1. The fourth-order valence-electron chi connectivity index (χ4n) is 0.974. The minimum atomic E-state index is 0. The number of nitrogens with zero attached hydrogens (tertiary/aromatic N) is 1. The second kappa shape index (κ2) is 4.21. The molecule has 0 atom stereocenters. The van der Waals surface area contributed by atoms with Gasteiger partial charge in [0.2, 0.25) is 0 Å². The second-order valence-corrected chi connectivity index (χ2v) is 3.06. The minimum Gasteiger partial charge on any atom is -0.664 e. The van der Waals surface area contributed by atoms with Crippen molar-refractivity contribution >= 4 is 26.8 Å². The molecule has 0 saturated carbocycles. The van der Waals surface area contributed by atoms with E-state index < -0.39 is 0 Å². The Bertz CT molecular complexity index is 356. The molecule has 1 aromatic carbocycles. The molecule has 1 nitrogen and oxygen atoms in total. The summed E-state index contributed by atoms with van der Waals surface area (Å²) in [5, 5.41) is 1.19. The number of benzene rings is 1. The summed E-state index contributed by atoms with van der Waals surface area (Å²) in [5.41, 5.74) is 1.06. The Morgan fingerprint density at radius 2 is 2.00 bits per heavy atom. The maximum Gasteiger partial charge on any atom is 1.00 e. The van der Waals surface area contributed by atoms with Crippen LogP contribution in [0.3, 0.4) is 0 Å². The number of hydrogen-bond donors (Lipinski definition) is 0. The van der Waals surface area contributed by atoms with Crippen molar-refractivity contribution in [2.24, 2.45) is 0 Å². The van der Waals surface area contributed by atoms with Gasteiger partial charge in [0, 0.05) is 4.47 Å². The number of rotatable bonds is 0. The first-order valence-electron chi connectivity index (χ1n) is 3.03. The number of aromatic nitrogens is 1. The molecule has 0 aliphatic carbocycles. The molecule has 1 aromatic heterocycles. The molecule has 3 heteroatoms. The molecule has 0 amide bonds. The van der Waals surface area contributed by atoms with Gasteiger partial charge in [-0.3, -0.25) is 0 Å². The van der Waals surface area contributed by atoms with Gasteiger partial charge >= 0.3 is 51.4 Å². The zero-order valence-corrected chi connectivity index (χ0v) is 10.9. The van der Waals surface area contributed by atoms with Crippen LogP contribution in [0.1, 0.15) is 0 Å². The molecular formula is C8H5BrKN. The van der Waals surface area contributed by atoms with Crippen molar-refractivity contribution < 1.29 is 51.4 Å². The summed E-state index contributed by atoms with van der Waals surface area (Å²) in [4.78, 5) is 4.14. The molecule has 0 fully saturated rings. The third-order valence-corrected chi connectivity index (χ3v) is 1.95. The van der Waals surface area contributed by atoms with E-state index in [0.717, 1.165) is 9.99 Å². The first-order valence-corrected chi connectivity index (χ1v) is 3.82. The Hall–Kier alpha value is 0.876. The van der Waals surface area contributed by atoms with Crippen LogP contribution < -0.4 is 56.4 Å². The molecule has 0 unspecified atom stereocenters. The maximum atomic E-state index is 4.14. The van der Waals surface area contributed by atoms with E-state index in [1.165, 1.54) is 5.39 Å². The fraction of sp³-hybridized carbons (Fsp3) is 0. The van der Waals surface area contributed by atoms with Crippen molar-refractivity contribution in [1.29, 1.82) is 0 Å². The standard InChI is InChI=1S/C8H5BrN.K/c9-7-1-2-8-6(5-7)3-4-10-8;/h1-5H;/q-1;+1. The van der Waals surface area contributed by atoms with Gasteiger partial charge in [0.1, 0.15) is 0 Å². The normalized spacial score (nSPS) is 9.55. The van der Waals surface area contributed by atoms with Crippen molar-refractivity contribution in [2.45, 2.75) is 0 Å². The van der Waals surface area contributed by atoms with Crippen LogP contribution in [0, 0.1) is 0 Å². The molecule has 0 bridgehead atoms. The van der Waals surface area contributed by atoms with Gasteiger partial charge in [0.15, 0.2) is 0 Å². The first-order chi connectivity index (χ1) is 4.86. The van der Waals surface area contributed by atoms with Crippen LogP contribution in [-0.4, -0.2) is 0 Å². The van der Waals surface area contributed by atoms with E-state index >= 15 is 0 Å². The molecular weight excluding hydrogens is 229 g/mol. The number of fused-ring (bicyclic) bond motifs is 1. The van der Waals surface area contributed by atoms with Gasteiger partial charge in [0.05, 0.1) is 0 Å². The Balaban J connectivity index is 0.000000605. The summed E-state index contributed by atoms with van der Waals surface area (Å²) >= 11 is 3.39. The summed E-state index contributed by atoms with van der Waals surface area (Å²) < 4.78 is 1.10. The first kappa shape index (κ1) is 9.96. The van der Waals surface area contributed by atoms with Crippen LogP contribution in [0.25, 0.3) is 10.9 Å². The molecule has 0 spiro atoms. The minimum absolute atomic E-state index is 0. The Labute approximate surface area is 116 Å². The Morgan fingerprint density at radius 3 is 2.82 bits per heavy atom. The van der Waals surface area contributed by atoms with Gasteiger partial charge in [-0.2, -0.15) is 6.20 Å². The van der Waals surface area contributed by atoms with Crippen molar-refractivity contribution in [1.82, 2.24) is 4.98 Å². The van der Waals surface area contributed by atoms with E-state index in [4.69, 9.17) is 0 Å². The van der Waals surface area contributed by atoms with Crippen LogP contribution >= 0.6 is 15.9 Å². The topological polar surface area (TPSA) is 14.1 Å². The van der Waals surface area contributed by atoms with Crippen molar-refractivity contribution in [3.8, 4) is 0 Å². The Morgan fingerprint density at radius 1 is 1.18 bits per heavy atom. The van der Waals surface area contributed by atoms with Crippen LogP contribution in [0.5, 0.6) is 0 Å². The largest absolute Gasteiger partial charge is 1.00 e. The molecule has 1 heterocycles. The molecule has 0 radical (unpaired) electrons. The molecule has 50 valence electrons. The second-order valence-electron chi connectivity index (χ2n) is 2.15. The van der Waals surface area contributed by atoms with Gasteiger partial charge in [0.25, 0.3) is 0 Å². The SMILES string of the molecule is Brc1ccc2[n-]ccc2c1.[K+]. The van der Waals surface area contributed by atoms with E-state index in [0.29, 0.717) is 0 Å². The van der Waals surface area contributed by atoms with Gasteiger partial charge in [-0.25, -0.2) is 0 Å². The van der Waals surface area contributed by atoms with E-state index in [2.05, 4.69) is 27.0 Å². The van der Waals surface area contributed by atoms with Crippen molar-refractivity contribution in [3.05, 3.63) is 34.9 Å². The zero-order valence-electron chi connectivity index (χ0n) is 6.21. The third kappa shape index (κ3) is 2.17. The molecule has 0 N–H and O–H groups in total. The van der Waals surface area contributed by atoms with Gasteiger partial charge in [-0.1, -0.05) is 28.1 Å². The van der Waals surface area contributed by atoms with Crippen LogP contribution in [0.2, 0.25) is 0 Å². The van der Waals surface area contributed by atoms with Gasteiger partial charge < -0.3 is 4.98 Å². The van der Waals surface area contributed by atoms with E-state index in [9.17, 15) is 0 Å².